The summed E-state index contributed by atoms with van der Waals surface area (Å²) < 4.78 is 0. The Morgan fingerprint density at radius 2 is 1.79 bits per heavy atom. The second-order valence-electron chi connectivity index (χ2n) is 6.72. The molecule has 0 aromatic carbocycles. The van der Waals surface area contributed by atoms with Crippen LogP contribution in [0.3, 0.4) is 0 Å². The van der Waals surface area contributed by atoms with Gasteiger partial charge in [-0.25, -0.2) is 0 Å². The summed E-state index contributed by atoms with van der Waals surface area (Å²) in [5.41, 5.74) is -0.0529. The summed E-state index contributed by atoms with van der Waals surface area (Å²) in [7, 11) is 2.16. The smallest absolute Gasteiger partial charge is 0.305 e. The van der Waals surface area contributed by atoms with Crippen molar-refractivity contribution >= 4 is 5.97 Å². The van der Waals surface area contributed by atoms with E-state index in [4.69, 9.17) is 0 Å². The zero-order valence-electron chi connectivity index (χ0n) is 12.4. The molecular weight excluding hydrogens is 238 g/mol. The molecule has 0 aromatic heterocycles. The van der Waals surface area contributed by atoms with Crippen LogP contribution in [0, 0.1) is 5.92 Å². The van der Waals surface area contributed by atoms with Gasteiger partial charge in [0, 0.05) is 5.54 Å². The number of hydrogen-bond donors (Lipinski definition) is 1. The van der Waals surface area contributed by atoms with Gasteiger partial charge in [0.15, 0.2) is 0 Å². The molecule has 2 fully saturated rings. The maximum Gasteiger partial charge on any atom is 0.305 e. The fourth-order valence-electron chi connectivity index (χ4n) is 4.10. The number of nitrogens with zero attached hydrogens (tertiary/aromatic N) is 1. The molecule has 3 heteroatoms. The van der Waals surface area contributed by atoms with Gasteiger partial charge in [-0.2, -0.15) is 0 Å². The Labute approximate surface area is 117 Å². The Kier molecular flexibility index (Phi) is 5.26. The molecule has 2 saturated carbocycles. The second kappa shape index (κ2) is 6.74. The lowest BCUT2D eigenvalue weighted by Gasteiger charge is -2.44. The Hall–Kier alpha value is -0.570. The fourth-order valence-corrected chi connectivity index (χ4v) is 4.10. The first-order valence-corrected chi connectivity index (χ1v) is 8.05. The molecule has 2 rings (SSSR count). The molecule has 2 aliphatic carbocycles. The number of rotatable bonds is 6. The molecule has 110 valence electrons. The minimum Gasteiger partial charge on any atom is -0.481 e. The summed E-state index contributed by atoms with van der Waals surface area (Å²) in [4.78, 5) is 13.6. The fraction of sp³-hybridized carbons (Fsp3) is 0.938. The lowest BCUT2D eigenvalue weighted by molar-refractivity contribution is -0.141. The number of aliphatic carboxylic acids is 1. The van der Waals surface area contributed by atoms with Crippen LogP contribution >= 0.6 is 0 Å². The van der Waals surface area contributed by atoms with E-state index in [9.17, 15) is 9.90 Å². The van der Waals surface area contributed by atoms with Crippen LogP contribution in [0.15, 0.2) is 0 Å². The predicted molar refractivity (Wildman–Crippen MR) is 77.3 cm³/mol. The number of carboxylic acid groups (broad SMARTS) is 1. The normalized spacial score (nSPS) is 23.9. The van der Waals surface area contributed by atoms with E-state index in [1.54, 1.807) is 0 Å². The van der Waals surface area contributed by atoms with Crippen molar-refractivity contribution in [1.29, 1.82) is 0 Å². The van der Waals surface area contributed by atoms with Gasteiger partial charge >= 0.3 is 5.97 Å². The van der Waals surface area contributed by atoms with Crippen LogP contribution < -0.4 is 0 Å². The molecule has 2 aliphatic rings. The third-order valence-corrected chi connectivity index (χ3v) is 5.42. The van der Waals surface area contributed by atoms with Crippen LogP contribution in [0.5, 0.6) is 0 Å². The molecule has 0 spiro atoms. The van der Waals surface area contributed by atoms with Crippen molar-refractivity contribution in [3.05, 3.63) is 0 Å². The number of carbonyl (C=O) groups is 1. The second-order valence-corrected chi connectivity index (χ2v) is 6.72. The highest BCUT2D eigenvalue weighted by Gasteiger charge is 2.38. The first kappa shape index (κ1) is 14.8. The molecular formula is C16H29NO2. The monoisotopic (exact) mass is 267 g/mol. The highest BCUT2D eigenvalue weighted by molar-refractivity contribution is 5.68. The Balaban J connectivity index is 1.90. The van der Waals surface area contributed by atoms with E-state index in [1.165, 1.54) is 51.4 Å². The molecule has 0 aromatic rings. The Bertz CT molecular complexity index is 291. The quantitative estimate of drug-likeness (QED) is 0.798. The standard InChI is InChI=1S/C16H29NO2/c1-17(12-9-14-7-3-4-8-14)16(13-15(18)19)10-5-2-6-11-16/h14H,2-13H2,1H3,(H,18,19). The van der Waals surface area contributed by atoms with E-state index in [1.807, 2.05) is 0 Å². The highest BCUT2D eigenvalue weighted by atomic mass is 16.4. The molecule has 0 bridgehead atoms. The zero-order chi connectivity index (χ0) is 13.7. The van der Waals surface area contributed by atoms with Crippen molar-refractivity contribution in [2.45, 2.75) is 76.2 Å². The van der Waals surface area contributed by atoms with E-state index >= 15 is 0 Å². The summed E-state index contributed by atoms with van der Waals surface area (Å²) in [6.45, 7) is 1.08. The van der Waals surface area contributed by atoms with E-state index in [0.29, 0.717) is 6.42 Å². The van der Waals surface area contributed by atoms with Crippen LogP contribution in [-0.2, 0) is 4.79 Å². The molecule has 0 unspecified atom stereocenters. The van der Waals surface area contributed by atoms with Gasteiger partial charge in [-0.3, -0.25) is 4.79 Å². The van der Waals surface area contributed by atoms with Crippen molar-refractivity contribution in [3.8, 4) is 0 Å². The van der Waals surface area contributed by atoms with Crippen LogP contribution in [0.25, 0.3) is 0 Å². The van der Waals surface area contributed by atoms with Gasteiger partial charge in [0.05, 0.1) is 6.42 Å². The first-order valence-electron chi connectivity index (χ1n) is 8.05. The van der Waals surface area contributed by atoms with E-state index in [-0.39, 0.29) is 5.54 Å². The molecule has 0 heterocycles. The molecule has 0 aliphatic heterocycles. The van der Waals surface area contributed by atoms with Crippen LogP contribution in [0.2, 0.25) is 0 Å². The summed E-state index contributed by atoms with van der Waals surface area (Å²) in [5, 5.41) is 9.23. The van der Waals surface area contributed by atoms with Gasteiger partial charge in [0.1, 0.15) is 0 Å². The molecule has 0 saturated heterocycles. The van der Waals surface area contributed by atoms with Crippen molar-refractivity contribution < 1.29 is 9.90 Å². The summed E-state index contributed by atoms with van der Waals surface area (Å²) in [6.07, 6.45) is 13.0. The van der Waals surface area contributed by atoms with Gasteiger partial charge in [0.25, 0.3) is 0 Å². The van der Waals surface area contributed by atoms with Gasteiger partial charge in [-0.05, 0) is 38.8 Å². The summed E-state index contributed by atoms with van der Waals surface area (Å²) in [6, 6.07) is 0. The third-order valence-electron chi connectivity index (χ3n) is 5.42. The maximum absolute atomic E-state index is 11.2. The van der Waals surface area contributed by atoms with E-state index in [2.05, 4.69) is 11.9 Å². The maximum atomic E-state index is 11.2. The average Bonchev–Trinajstić information content (AvgIpc) is 2.89. The lowest BCUT2D eigenvalue weighted by Crippen LogP contribution is -2.50. The first-order chi connectivity index (χ1) is 9.12. The SMILES string of the molecule is CN(CCC1CCCC1)C1(CC(=O)O)CCCCC1. The molecule has 0 atom stereocenters. The van der Waals surface area contributed by atoms with Gasteiger partial charge in [0.2, 0.25) is 0 Å². The van der Waals surface area contributed by atoms with Crippen LogP contribution in [0.1, 0.15) is 70.6 Å². The Morgan fingerprint density at radius 1 is 1.16 bits per heavy atom. The molecule has 19 heavy (non-hydrogen) atoms. The molecule has 3 nitrogen and oxygen atoms in total. The largest absolute Gasteiger partial charge is 0.481 e. The molecule has 0 radical (unpaired) electrons. The van der Waals surface area contributed by atoms with E-state index in [0.717, 1.165) is 25.3 Å². The van der Waals surface area contributed by atoms with Crippen molar-refractivity contribution in [1.82, 2.24) is 4.90 Å². The van der Waals surface area contributed by atoms with Crippen molar-refractivity contribution in [3.63, 3.8) is 0 Å². The lowest BCUT2D eigenvalue weighted by atomic mass is 9.78. The van der Waals surface area contributed by atoms with Crippen LogP contribution in [-0.4, -0.2) is 35.1 Å². The minimum absolute atomic E-state index is 0.0529. The van der Waals surface area contributed by atoms with Gasteiger partial charge < -0.3 is 10.0 Å². The van der Waals surface area contributed by atoms with Gasteiger partial charge in [-0.1, -0.05) is 44.9 Å². The van der Waals surface area contributed by atoms with E-state index < -0.39 is 5.97 Å². The topological polar surface area (TPSA) is 40.5 Å². The summed E-state index contributed by atoms with van der Waals surface area (Å²) >= 11 is 0. The predicted octanol–water partition coefficient (Wildman–Crippen LogP) is 3.68. The molecule has 1 N–H and O–H groups in total. The average molecular weight is 267 g/mol. The zero-order valence-corrected chi connectivity index (χ0v) is 12.4. The third kappa shape index (κ3) is 3.95. The number of carboxylic acids is 1. The van der Waals surface area contributed by atoms with Gasteiger partial charge in [-0.15, -0.1) is 0 Å². The highest BCUT2D eigenvalue weighted by Crippen LogP contribution is 2.37. The minimum atomic E-state index is -0.630. The number of hydrogen-bond acceptors (Lipinski definition) is 2. The molecule has 0 amide bonds. The van der Waals surface area contributed by atoms with Crippen molar-refractivity contribution in [2.24, 2.45) is 5.92 Å². The van der Waals surface area contributed by atoms with Crippen molar-refractivity contribution in [2.75, 3.05) is 13.6 Å². The Morgan fingerprint density at radius 3 is 2.37 bits per heavy atom. The van der Waals surface area contributed by atoms with Crippen LogP contribution in [0.4, 0.5) is 0 Å². The summed E-state index contributed by atoms with van der Waals surface area (Å²) in [5.74, 6) is 0.266.